The van der Waals surface area contributed by atoms with Crippen molar-refractivity contribution >= 4 is 63.3 Å². The number of esters is 1. The van der Waals surface area contributed by atoms with Crippen LogP contribution >= 0.6 is 0 Å². The molecule has 0 bridgehead atoms. The van der Waals surface area contributed by atoms with Crippen molar-refractivity contribution < 1.29 is 19.4 Å². The van der Waals surface area contributed by atoms with Gasteiger partial charge in [-0.3, -0.25) is 0 Å². The van der Waals surface area contributed by atoms with Gasteiger partial charge in [0.2, 0.25) is 0 Å². The second kappa shape index (κ2) is 7.57. The van der Waals surface area contributed by atoms with E-state index >= 15 is 0 Å². The number of ether oxygens (including phenoxy) is 1. The molecule has 0 aliphatic heterocycles. The molecule has 0 fully saturated rings. The minimum absolute atomic E-state index is 0. The first kappa shape index (κ1) is 16.1. The predicted molar refractivity (Wildman–Crippen MR) is 72.0 cm³/mol. The molecule has 92 valence electrons. The van der Waals surface area contributed by atoms with Crippen LogP contribution in [0.4, 0.5) is 0 Å². The van der Waals surface area contributed by atoms with Crippen LogP contribution in [0.5, 0.6) is 5.75 Å². The second-order valence-electron chi connectivity index (χ2n) is 3.55. The Bertz CT molecular complexity index is 581. The van der Waals surface area contributed by atoms with Gasteiger partial charge in [-0.15, -0.1) is 0 Å². The van der Waals surface area contributed by atoms with Crippen LogP contribution in [0.15, 0.2) is 54.6 Å². The van der Waals surface area contributed by atoms with Gasteiger partial charge in [-0.25, -0.2) is 9.59 Å². The van der Waals surface area contributed by atoms with Gasteiger partial charge >= 0.3 is 63.3 Å². The predicted octanol–water partition coefficient (Wildman–Crippen LogP) is 1.96. The van der Waals surface area contributed by atoms with Crippen LogP contribution in [0.2, 0.25) is 0 Å². The van der Waals surface area contributed by atoms with E-state index in [0.717, 1.165) is 0 Å². The molecule has 0 aromatic heterocycles. The average molecular weight is 282 g/mol. The zero-order valence-electron chi connectivity index (χ0n) is 9.37. The Morgan fingerprint density at radius 1 is 0.842 bits per heavy atom. The molecule has 0 heterocycles. The Hall–Kier alpha value is -0.984. The Morgan fingerprint density at radius 2 is 1.37 bits per heavy atom. The van der Waals surface area contributed by atoms with E-state index in [2.05, 4.69) is 0 Å². The van der Waals surface area contributed by atoms with Gasteiger partial charge in [0, 0.05) is 0 Å². The fraction of sp³-hybridized carbons (Fsp3) is 0. The van der Waals surface area contributed by atoms with Crippen molar-refractivity contribution in [1.29, 1.82) is 0 Å². The Labute approximate surface area is 152 Å². The molecule has 2 aromatic carbocycles. The third-order valence-corrected chi connectivity index (χ3v) is 2.33. The first-order valence-corrected chi connectivity index (χ1v) is 5.28. The van der Waals surface area contributed by atoms with Gasteiger partial charge in [-0.05, 0) is 24.3 Å². The van der Waals surface area contributed by atoms with E-state index in [-0.39, 0.29) is 62.5 Å². The summed E-state index contributed by atoms with van der Waals surface area (Å²) in [6.07, 6.45) is 0. The van der Waals surface area contributed by atoms with Crippen molar-refractivity contribution in [2.45, 2.75) is 0 Å². The first-order chi connectivity index (χ1) is 8.68. The van der Waals surface area contributed by atoms with E-state index in [1.54, 1.807) is 42.5 Å². The molecule has 0 unspecified atom stereocenters. The van der Waals surface area contributed by atoms with Crippen LogP contribution < -0.4 is 4.74 Å². The monoisotopic (exact) mass is 282 g/mol. The summed E-state index contributed by atoms with van der Waals surface area (Å²) in [5.74, 6) is -1.46. The first-order valence-electron chi connectivity index (χ1n) is 5.28. The number of carbonyl (C=O) groups is 2. The second-order valence-corrected chi connectivity index (χ2v) is 3.55. The van der Waals surface area contributed by atoms with Crippen LogP contribution in [0, 0.1) is 0 Å². The summed E-state index contributed by atoms with van der Waals surface area (Å²) in [5, 5.41) is 8.97. The topological polar surface area (TPSA) is 63.6 Å². The van der Waals surface area contributed by atoms with Crippen LogP contribution in [0.25, 0.3) is 0 Å². The molecule has 2 aromatic rings. The summed E-state index contributed by atoms with van der Waals surface area (Å²) in [7, 11) is 0. The zero-order valence-corrected chi connectivity index (χ0v) is 9.37. The van der Waals surface area contributed by atoms with E-state index in [0.29, 0.717) is 5.75 Å². The van der Waals surface area contributed by atoms with E-state index in [4.69, 9.17) is 9.84 Å². The molecule has 5 heteroatoms. The number of para-hydroxylation sites is 1. The summed E-state index contributed by atoms with van der Waals surface area (Å²) >= 11 is 0. The number of carbonyl (C=O) groups excluding carboxylic acids is 1. The van der Waals surface area contributed by atoms with Crippen molar-refractivity contribution in [3.05, 3.63) is 65.7 Å². The summed E-state index contributed by atoms with van der Waals surface area (Å²) in [4.78, 5) is 22.8. The molecule has 0 radical (unpaired) electrons. The van der Waals surface area contributed by atoms with Gasteiger partial charge in [0.05, 0.1) is 11.1 Å². The van der Waals surface area contributed by atoms with Gasteiger partial charge in [0.1, 0.15) is 5.75 Å². The van der Waals surface area contributed by atoms with Crippen LogP contribution in [0.1, 0.15) is 20.7 Å². The van der Waals surface area contributed by atoms with Crippen molar-refractivity contribution in [1.82, 2.24) is 0 Å². The molecule has 4 nitrogen and oxygen atoms in total. The number of carboxylic acid groups (broad SMARTS) is 1. The summed E-state index contributed by atoms with van der Waals surface area (Å²) in [5.41, 5.74) is -0.0349. The molecule has 0 atom stereocenters. The van der Waals surface area contributed by atoms with Gasteiger partial charge in [0.25, 0.3) is 0 Å². The van der Waals surface area contributed by atoms with Gasteiger partial charge < -0.3 is 9.84 Å². The van der Waals surface area contributed by atoms with Crippen molar-refractivity contribution in [2.24, 2.45) is 0 Å². The van der Waals surface area contributed by atoms with Gasteiger partial charge in [-0.2, -0.15) is 0 Å². The Balaban J connectivity index is 0.00000180. The van der Waals surface area contributed by atoms with Crippen LogP contribution in [-0.2, 0) is 0 Å². The van der Waals surface area contributed by atoms with Gasteiger partial charge in [-0.1, -0.05) is 30.3 Å². The molecule has 0 amide bonds. The fourth-order valence-corrected chi connectivity index (χ4v) is 1.50. The molecule has 19 heavy (non-hydrogen) atoms. The third-order valence-electron chi connectivity index (χ3n) is 2.33. The number of hydrogen-bond acceptors (Lipinski definition) is 3. The molecule has 2 rings (SSSR count). The number of benzene rings is 2. The fourth-order valence-electron chi connectivity index (χ4n) is 1.50. The zero-order chi connectivity index (χ0) is 13.0. The molecule has 0 aliphatic carbocycles. The maximum absolute atomic E-state index is 11.9. The minimum atomic E-state index is -1.16. The number of hydrogen-bond donors (Lipinski definition) is 1. The molecular weight excluding hydrogens is 271 g/mol. The average Bonchev–Trinajstić information content (AvgIpc) is 2.40. The summed E-state index contributed by atoms with van der Waals surface area (Å²) in [6, 6.07) is 14.4. The number of aromatic carboxylic acids is 1. The third kappa shape index (κ3) is 4.26. The van der Waals surface area contributed by atoms with E-state index < -0.39 is 11.9 Å². The normalized spacial score (nSPS) is 9.26. The molecule has 0 aliphatic rings. The quantitative estimate of drug-likeness (QED) is 0.531. The molecule has 0 saturated carbocycles. The number of carboxylic acids is 1. The van der Waals surface area contributed by atoms with Crippen molar-refractivity contribution in [2.75, 3.05) is 0 Å². The van der Waals surface area contributed by atoms with E-state index in [9.17, 15) is 9.59 Å². The Morgan fingerprint density at radius 3 is 1.95 bits per heavy atom. The summed E-state index contributed by atoms with van der Waals surface area (Å²) in [6.45, 7) is 0. The van der Waals surface area contributed by atoms with Crippen LogP contribution in [-0.4, -0.2) is 68.4 Å². The maximum atomic E-state index is 11.9. The SMILES string of the molecule is O=C(O)c1ccccc1C(=O)Oc1ccccc1.[KH]. The molecular formula is C14H11KO4. The number of rotatable bonds is 3. The van der Waals surface area contributed by atoms with E-state index in [1.165, 1.54) is 12.1 Å². The van der Waals surface area contributed by atoms with Crippen molar-refractivity contribution in [3.8, 4) is 5.75 Å². The molecule has 0 saturated heterocycles. The Kier molecular flexibility index (Phi) is 6.40. The van der Waals surface area contributed by atoms with Crippen molar-refractivity contribution in [3.63, 3.8) is 0 Å². The summed E-state index contributed by atoms with van der Waals surface area (Å²) < 4.78 is 5.09. The van der Waals surface area contributed by atoms with E-state index in [1.807, 2.05) is 0 Å². The standard InChI is InChI=1S/C14H10O4.K.H/c15-13(16)11-8-4-5-9-12(11)14(17)18-10-6-2-1-3-7-10;;/h1-9H,(H,15,16);;. The van der Waals surface area contributed by atoms with Crippen LogP contribution in [0.3, 0.4) is 0 Å². The van der Waals surface area contributed by atoms with Gasteiger partial charge in [0.15, 0.2) is 0 Å². The molecule has 1 N–H and O–H groups in total. The molecule has 0 spiro atoms.